The highest BCUT2D eigenvalue weighted by molar-refractivity contribution is 5.94. The summed E-state index contributed by atoms with van der Waals surface area (Å²) in [6.07, 6.45) is 1.74. The van der Waals surface area contributed by atoms with Gasteiger partial charge in [-0.1, -0.05) is 26.7 Å². The van der Waals surface area contributed by atoms with Crippen molar-refractivity contribution in [2.24, 2.45) is 23.1 Å². The zero-order valence-electron chi connectivity index (χ0n) is 18.3. The van der Waals surface area contributed by atoms with Gasteiger partial charge in [-0.15, -0.1) is 0 Å². The van der Waals surface area contributed by atoms with Gasteiger partial charge < -0.3 is 38.3 Å². The van der Waals surface area contributed by atoms with Crippen molar-refractivity contribution in [1.29, 1.82) is 0 Å². The van der Waals surface area contributed by atoms with Crippen LogP contribution < -0.4 is 33.2 Å². The molecule has 5 unspecified atom stereocenters. The summed E-state index contributed by atoms with van der Waals surface area (Å²) in [5, 5.41) is 16.4. The molecule has 0 spiro atoms. The summed E-state index contributed by atoms with van der Waals surface area (Å²) in [4.78, 5) is 59.6. The Morgan fingerprint density at radius 1 is 0.935 bits per heavy atom. The fourth-order valence-corrected chi connectivity index (χ4v) is 2.67. The maximum absolute atomic E-state index is 12.6. The summed E-state index contributed by atoms with van der Waals surface area (Å²) in [5.41, 5.74) is 16.2. The Hall–Kier alpha value is -2.73. The third kappa shape index (κ3) is 10.7. The van der Waals surface area contributed by atoms with Crippen LogP contribution in [0.5, 0.6) is 0 Å². The van der Waals surface area contributed by atoms with Crippen molar-refractivity contribution in [3.8, 4) is 0 Å². The Balaban J connectivity index is 5.07. The summed E-state index contributed by atoms with van der Waals surface area (Å²) in [6.45, 7) is 5.43. The first-order valence-corrected chi connectivity index (χ1v) is 10.3. The lowest BCUT2D eigenvalue weighted by atomic mass is 9.97. The minimum absolute atomic E-state index is 0.353. The number of rotatable bonds is 15. The van der Waals surface area contributed by atoms with E-state index in [4.69, 9.17) is 17.2 Å². The van der Waals surface area contributed by atoms with Crippen LogP contribution in [0, 0.1) is 5.92 Å². The van der Waals surface area contributed by atoms with Gasteiger partial charge in [-0.25, -0.2) is 4.79 Å². The first-order valence-electron chi connectivity index (χ1n) is 10.3. The van der Waals surface area contributed by atoms with Crippen LogP contribution in [0.25, 0.3) is 0 Å². The number of nitrogens with one attached hydrogen (secondary N) is 3. The predicted octanol–water partition coefficient (Wildman–Crippen LogP) is -2.08. The van der Waals surface area contributed by atoms with E-state index in [1.165, 1.54) is 6.92 Å². The number of hydrogen-bond acceptors (Lipinski definition) is 7. The number of hydrogen-bond donors (Lipinski definition) is 7. The Bertz CT molecular complexity index is 643. The number of amides is 4. The van der Waals surface area contributed by atoms with E-state index in [1.54, 1.807) is 13.8 Å². The molecule has 4 amide bonds. The molecule has 31 heavy (non-hydrogen) atoms. The average Bonchev–Trinajstić information content (AvgIpc) is 2.69. The molecule has 0 rings (SSSR count). The van der Waals surface area contributed by atoms with E-state index in [0.29, 0.717) is 25.8 Å². The highest BCUT2D eigenvalue weighted by Crippen LogP contribution is 2.09. The zero-order chi connectivity index (χ0) is 24.1. The molecule has 12 heteroatoms. The number of carbonyl (C=O) groups excluding carboxylic acids is 4. The van der Waals surface area contributed by atoms with Crippen LogP contribution >= 0.6 is 0 Å². The monoisotopic (exact) mass is 444 g/mol. The van der Waals surface area contributed by atoms with Gasteiger partial charge in [0.2, 0.25) is 23.6 Å². The van der Waals surface area contributed by atoms with Gasteiger partial charge in [0, 0.05) is 0 Å². The first-order chi connectivity index (χ1) is 14.4. The topological polar surface area (TPSA) is 220 Å². The molecule has 0 heterocycles. The second-order valence-electron chi connectivity index (χ2n) is 7.56. The van der Waals surface area contributed by atoms with Gasteiger partial charge in [-0.2, -0.15) is 0 Å². The molecule has 12 nitrogen and oxygen atoms in total. The van der Waals surface area contributed by atoms with Gasteiger partial charge in [-0.05, 0) is 32.2 Å². The molecule has 0 aliphatic carbocycles. The van der Waals surface area contributed by atoms with Crippen molar-refractivity contribution >= 4 is 29.6 Å². The van der Waals surface area contributed by atoms with Crippen molar-refractivity contribution in [2.75, 3.05) is 6.54 Å². The van der Waals surface area contributed by atoms with Gasteiger partial charge in [0.1, 0.15) is 18.1 Å². The van der Waals surface area contributed by atoms with E-state index >= 15 is 0 Å². The smallest absolute Gasteiger partial charge is 0.326 e. The van der Waals surface area contributed by atoms with E-state index in [2.05, 4.69) is 16.0 Å². The highest BCUT2D eigenvalue weighted by Gasteiger charge is 2.32. The van der Waals surface area contributed by atoms with Crippen LogP contribution in [0.2, 0.25) is 0 Å². The number of unbranched alkanes of at least 4 members (excludes halogenated alkanes) is 1. The van der Waals surface area contributed by atoms with Crippen LogP contribution in [0.3, 0.4) is 0 Å². The van der Waals surface area contributed by atoms with Crippen LogP contribution in [0.1, 0.15) is 52.9 Å². The SMILES string of the molecule is CCC(C)C(NC(=O)C(C)NC(=O)C(N)CCCCN)C(=O)NC(CC(N)=O)C(=O)O. The lowest BCUT2D eigenvalue weighted by Crippen LogP contribution is -2.58. The zero-order valence-corrected chi connectivity index (χ0v) is 18.3. The Kier molecular flexibility index (Phi) is 13.0. The summed E-state index contributed by atoms with van der Waals surface area (Å²) in [7, 11) is 0. The molecule has 0 radical (unpaired) electrons. The van der Waals surface area contributed by atoms with Crippen molar-refractivity contribution in [1.82, 2.24) is 16.0 Å². The Morgan fingerprint density at radius 3 is 2.03 bits per heavy atom. The van der Waals surface area contributed by atoms with Gasteiger partial charge in [0.15, 0.2) is 0 Å². The second-order valence-corrected chi connectivity index (χ2v) is 7.56. The normalized spacial score (nSPS) is 15.6. The largest absolute Gasteiger partial charge is 0.480 e. The Morgan fingerprint density at radius 2 is 1.55 bits per heavy atom. The van der Waals surface area contributed by atoms with E-state index in [1.807, 2.05) is 0 Å². The number of aliphatic carboxylic acids is 1. The fraction of sp³-hybridized carbons (Fsp3) is 0.737. The maximum Gasteiger partial charge on any atom is 0.326 e. The number of carboxylic acid groups (broad SMARTS) is 1. The molecule has 0 aliphatic rings. The standard InChI is InChI=1S/C19H36N6O6/c1-4-10(2)15(18(29)24-13(19(30)31)9-14(22)26)25-16(27)11(3)23-17(28)12(21)7-5-6-8-20/h10-13,15H,4-9,20-21H2,1-3H3,(H2,22,26)(H,23,28)(H,24,29)(H,25,27)(H,30,31). The molecule has 5 atom stereocenters. The molecule has 10 N–H and O–H groups in total. The van der Waals surface area contributed by atoms with Gasteiger partial charge in [0.25, 0.3) is 0 Å². The first kappa shape index (κ1) is 28.3. The molecule has 0 saturated carbocycles. The van der Waals surface area contributed by atoms with Crippen LogP contribution in [-0.4, -0.2) is 65.4 Å². The van der Waals surface area contributed by atoms with E-state index in [-0.39, 0.29) is 5.92 Å². The molecular formula is C19H36N6O6. The summed E-state index contributed by atoms with van der Waals surface area (Å²) < 4.78 is 0. The van der Waals surface area contributed by atoms with Gasteiger partial charge in [-0.3, -0.25) is 19.2 Å². The fourth-order valence-electron chi connectivity index (χ4n) is 2.67. The molecule has 0 aromatic carbocycles. The number of carboxylic acids is 1. The molecule has 178 valence electrons. The number of carbonyl (C=O) groups is 5. The summed E-state index contributed by atoms with van der Waals surface area (Å²) >= 11 is 0. The summed E-state index contributed by atoms with van der Waals surface area (Å²) in [5.74, 6) is -4.58. The van der Waals surface area contributed by atoms with Crippen molar-refractivity contribution in [3.05, 3.63) is 0 Å². The van der Waals surface area contributed by atoms with E-state index < -0.39 is 60.2 Å². The van der Waals surface area contributed by atoms with Gasteiger partial charge >= 0.3 is 5.97 Å². The van der Waals surface area contributed by atoms with Crippen LogP contribution in [0.15, 0.2) is 0 Å². The van der Waals surface area contributed by atoms with Gasteiger partial charge in [0.05, 0.1) is 12.5 Å². The molecular weight excluding hydrogens is 408 g/mol. The predicted molar refractivity (Wildman–Crippen MR) is 113 cm³/mol. The third-order valence-electron chi connectivity index (χ3n) is 4.87. The molecule has 0 fully saturated rings. The van der Waals surface area contributed by atoms with E-state index in [0.717, 1.165) is 6.42 Å². The molecule has 0 aliphatic heterocycles. The minimum atomic E-state index is -1.52. The van der Waals surface area contributed by atoms with Crippen molar-refractivity contribution in [2.45, 2.75) is 77.0 Å². The molecule has 0 saturated heterocycles. The Labute approximate surface area is 182 Å². The van der Waals surface area contributed by atoms with Crippen molar-refractivity contribution < 1.29 is 29.1 Å². The maximum atomic E-state index is 12.6. The molecule has 0 bridgehead atoms. The minimum Gasteiger partial charge on any atom is -0.480 e. The number of primary amides is 1. The molecule has 0 aromatic rings. The quantitative estimate of drug-likeness (QED) is 0.139. The highest BCUT2D eigenvalue weighted by atomic mass is 16.4. The third-order valence-corrected chi connectivity index (χ3v) is 4.87. The lowest BCUT2D eigenvalue weighted by Gasteiger charge is -2.27. The summed E-state index contributed by atoms with van der Waals surface area (Å²) in [6, 6.07) is -4.36. The average molecular weight is 445 g/mol. The number of nitrogens with two attached hydrogens (primary N) is 3. The van der Waals surface area contributed by atoms with Crippen molar-refractivity contribution in [3.63, 3.8) is 0 Å². The molecule has 0 aromatic heterocycles. The van der Waals surface area contributed by atoms with Crippen LogP contribution in [-0.2, 0) is 24.0 Å². The lowest BCUT2D eigenvalue weighted by molar-refractivity contribution is -0.144. The second kappa shape index (κ2) is 14.3. The van der Waals surface area contributed by atoms with E-state index in [9.17, 15) is 29.1 Å². The van der Waals surface area contributed by atoms with Crippen LogP contribution in [0.4, 0.5) is 0 Å².